The summed E-state index contributed by atoms with van der Waals surface area (Å²) in [4.78, 5) is 4.34. The topological polar surface area (TPSA) is 36.7 Å². The summed E-state index contributed by atoms with van der Waals surface area (Å²) in [6, 6.07) is 11.7. The van der Waals surface area contributed by atoms with Gasteiger partial charge in [-0.3, -0.25) is 4.98 Å². The zero-order chi connectivity index (χ0) is 12.3. The van der Waals surface area contributed by atoms with E-state index in [1.807, 2.05) is 0 Å². The van der Waals surface area contributed by atoms with Gasteiger partial charge in [0.25, 0.3) is 0 Å². The predicted molar refractivity (Wildman–Crippen MR) is 67.0 cm³/mol. The molecule has 84 valence electrons. The first-order valence-electron chi connectivity index (χ1n) is 4.96. The third-order valence-corrected chi connectivity index (χ3v) is 2.87. The first-order valence-corrected chi connectivity index (χ1v) is 6.08. The molecule has 0 saturated carbocycles. The van der Waals surface area contributed by atoms with E-state index in [1.165, 1.54) is 12.1 Å². The average Bonchev–Trinajstić information content (AvgIpc) is 2.38. The Labute approximate surface area is 107 Å². The molecule has 0 fully saturated rings. The highest BCUT2D eigenvalue weighted by Crippen LogP contribution is 2.20. The van der Waals surface area contributed by atoms with Crippen molar-refractivity contribution >= 4 is 15.9 Å². The van der Waals surface area contributed by atoms with Crippen molar-refractivity contribution in [3.63, 3.8) is 0 Å². The fraction of sp³-hybridized carbons (Fsp3) is 0.0769. The number of alkyl halides is 1. The molecule has 0 aliphatic carbocycles. The Balaban J connectivity index is 2.51. The van der Waals surface area contributed by atoms with E-state index in [0.29, 0.717) is 27.8 Å². The maximum atomic E-state index is 13.1. The Hall–Kier alpha value is -1.73. The summed E-state index contributed by atoms with van der Waals surface area (Å²) >= 11 is 3.28. The second kappa shape index (κ2) is 5.07. The maximum Gasteiger partial charge on any atom is 0.123 e. The molecule has 2 rings (SSSR count). The molecule has 17 heavy (non-hydrogen) atoms. The standard InChI is InChI=1S/C13H8BrFN2/c14-7-13-10(8-16)4-5-12(17-13)9-2-1-3-11(15)6-9/h1-6H,7H2. The molecule has 0 N–H and O–H groups in total. The fourth-order valence-electron chi connectivity index (χ4n) is 1.51. The highest BCUT2D eigenvalue weighted by Gasteiger charge is 2.06. The van der Waals surface area contributed by atoms with Crippen molar-refractivity contribution in [3.8, 4) is 17.3 Å². The van der Waals surface area contributed by atoms with Crippen LogP contribution < -0.4 is 0 Å². The molecule has 0 radical (unpaired) electrons. The van der Waals surface area contributed by atoms with Gasteiger partial charge in [0, 0.05) is 10.9 Å². The Bertz CT molecular complexity index is 590. The molecule has 4 heteroatoms. The largest absolute Gasteiger partial charge is 0.251 e. The number of rotatable bonds is 2. The lowest BCUT2D eigenvalue weighted by molar-refractivity contribution is 0.628. The van der Waals surface area contributed by atoms with Gasteiger partial charge in [0.05, 0.1) is 17.0 Å². The van der Waals surface area contributed by atoms with Crippen LogP contribution in [0.3, 0.4) is 0 Å². The number of pyridine rings is 1. The monoisotopic (exact) mass is 290 g/mol. The van der Waals surface area contributed by atoms with Gasteiger partial charge in [-0.1, -0.05) is 28.1 Å². The van der Waals surface area contributed by atoms with Crippen molar-refractivity contribution < 1.29 is 4.39 Å². The molecule has 0 unspecified atom stereocenters. The van der Waals surface area contributed by atoms with Crippen LogP contribution in [0, 0.1) is 17.1 Å². The second-order valence-corrected chi connectivity index (χ2v) is 4.01. The Kier molecular flexibility index (Phi) is 3.50. The van der Waals surface area contributed by atoms with Crippen LogP contribution in [-0.2, 0) is 5.33 Å². The third kappa shape index (κ3) is 2.51. The van der Waals surface area contributed by atoms with Crippen molar-refractivity contribution in [2.75, 3.05) is 0 Å². The molecule has 0 aliphatic heterocycles. The zero-order valence-electron chi connectivity index (χ0n) is 8.82. The van der Waals surface area contributed by atoms with Gasteiger partial charge in [-0.15, -0.1) is 0 Å². The summed E-state index contributed by atoms with van der Waals surface area (Å²) < 4.78 is 13.1. The van der Waals surface area contributed by atoms with Crippen LogP contribution >= 0.6 is 15.9 Å². The highest BCUT2D eigenvalue weighted by atomic mass is 79.9. The van der Waals surface area contributed by atoms with E-state index in [1.54, 1.807) is 24.3 Å². The van der Waals surface area contributed by atoms with Gasteiger partial charge in [-0.05, 0) is 24.3 Å². The van der Waals surface area contributed by atoms with E-state index in [4.69, 9.17) is 5.26 Å². The summed E-state index contributed by atoms with van der Waals surface area (Å²) in [6.45, 7) is 0. The van der Waals surface area contributed by atoms with Crippen molar-refractivity contribution in [3.05, 3.63) is 53.5 Å². The van der Waals surface area contributed by atoms with E-state index < -0.39 is 0 Å². The average molecular weight is 291 g/mol. The van der Waals surface area contributed by atoms with Crippen molar-refractivity contribution in [1.29, 1.82) is 5.26 Å². The summed E-state index contributed by atoms with van der Waals surface area (Å²) in [5.41, 5.74) is 2.56. The van der Waals surface area contributed by atoms with Gasteiger partial charge >= 0.3 is 0 Å². The van der Waals surface area contributed by atoms with E-state index in [0.717, 1.165) is 0 Å². The maximum absolute atomic E-state index is 13.1. The van der Waals surface area contributed by atoms with E-state index in [-0.39, 0.29) is 5.82 Å². The first kappa shape index (κ1) is 11.7. The molecular formula is C13H8BrFN2. The van der Waals surface area contributed by atoms with Gasteiger partial charge < -0.3 is 0 Å². The molecule has 0 aliphatic rings. The third-order valence-electron chi connectivity index (χ3n) is 2.34. The van der Waals surface area contributed by atoms with Gasteiger partial charge in [0.15, 0.2) is 0 Å². The molecule has 2 nitrogen and oxygen atoms in total. The molecule has 1 aromatic heterocycles. The lowest BCUT2D eigenvalue weighted by atomic mass is 10.1. The van der Waals surface area contributed by atoms with Crippen molar-refractivity contribution in [1.82, 2.24) is 4.98 Å². The number of aromatic nitrogens is 1. The normalized spacial score (nSPS) is 9.94. The Morgan fingerprint density at radius 1 is 1.29 bits per heavy atom. The summed E-state index contributed by atoms with van der Waals surface area (Å²) in [6.07, 6.45) is 0. The first-order chi connectivity index (χ1) is 8.24. The summed E-state index contributed by atoms with van der Waals surface area (Å²) in [7, 11) is 0. The number of nitriles is 1. The minimum absolute atomic E-state index is 0.297. The molecule has 0 bridgehead atoms. The van der Waals surface area contributed by atoms with Crippen LogP contribution in [0.2, 0.25) is 0 Å². The Morgan fingerprint density at radius 2 is 2.12 bits per heavy atom. The molecule has 0 saturated heterocycles. The number of hydrogen-bond donors (Lipinski definition) is 0. The fourth-order valence-corrected chi connectivity index (χ4v) is 1.94. The van der Waals surface area contributed by atoms with Crippen molar-refractivity contribution in [2.45, 2.75) is 5.33 Å². The molecule has 1 heterocycles. The van der Waals surface area contributed by atoms with E-state index in [9.17, 15) is 4.39 Å². The molecular weight excluding hydrogens is 283 g/mol. The molecule has 1 aromatic carbocycles. The van der Waals surface area contributed by atoms with Crippen LogP contribution in [0.15, 0.2) is 36.4 Å². The second-order valence-electron chi connectivity index (χ2n) is 3.45. The van der Waals surface area contributed by atoms with Crippen LogP contribution in [0.1, 0.15) is 11.3 Å². The van der Waals surface area contributed by atoms with Gasteiger partial charge in [0.1, 0.15) is 11.9 Å². The SMILES string of the molecule is N#Cc1ccc(-c2cccc(F)c2)nc1CBr. The van der Waals surface area contributed by atoms with E-state index in [2.05, 4.69) is 27.0 Å². The molecule has 2 aromatic rings. The minimum Gasteiger partial charge on any atom is -0.251 e. The number of hydrogen-bond acceptors (Lipinski definition) is 2. The van der Waals surface area contributed by atoms with Crippen LogP contribution in [0.25, 0.3) is 11.3 Å². The number of nitrogens with zero attached hydrogens (tertiary/aromatic N) is 2. The predicted octanol–water partition coefficient (Wildman–Crippen LogP) is 3.65. The van der Waals surface area contributed by atoms with Crippen LogP contribution in [-0.4, -0.2) is 4.98 Å². The van der Waals surface area contributed by atoms with Gasteiger partial charge in [-0.25, -0.2) is 4.39 Å². The van der Waals surface area contributed by atoms with Gasteiger partial charge in [-0.2, -0.15) is 5.26 Å². The number of halogens is 2. The zero-order valence-corrected chi connectivity index (χ0v) is 10.4. The smallest absolute Gasteiger partial charge is 0.123 e. The summed E-state index contributed by atoms with van der Waals surface area (Å²) in [5, 5.41) is 9.38. The summed E-state index contributed by atoms with van der Waals surface area (Å²) in [5.74, 6) is -0.297. The van der Waals surface area contributed by atoms with Crippen LogP contribution in [0.5, 0.6) is 0 Å². The minimum atomic E-state index is -0.297. The van der Waals surface area contributed by atoms with Crippen LogP contribution in [0.4, 0.5) is 4.39 Å². The highest BCUT2D eigenvalue weighted by molar-refractivity contribution is 9.08. The van der Waals surface area contributed by atoms with Gasteiger partial charge in [0.2, 0.25) is 0 Å². The Morgan fingerprint density at radius 3 is 2.76 bits per heavy atom. The lowest BCUT2D eigenvalue weighted by Gasteiger charge is -2.04. The lowest BCUT2D eigenvalue weighted by Crippen LogP contribution is -1.94. The number of benzene rings is 1. The molecule has 0 spiro atoms. The van der Waals surface area contributed by atoms with E-state index >= 15 is 0 Å². The van der Waals surface area contributed by atoms with Crippen molar-refractivity contribution in [2.24, 2.45) is 0 Å². The molecule has 0 amide bonds. The quantitative estimate of drug-likeness (QED) is 0.792. The molecule has 0 atom stereocenters.